The van der Waals surface area contributed by atoms with Gasteiger partial charge < -0.3 is 0 Å². The van der Waals surface area contributed by atoms with Gasteiger partial charge in [-0.25, -0.2) is 0 Å². The quantitative estimate of drug-likeness (QED) is 0.402. The zero-order valence-electron chi connectivity index (χ0n) is 14.3. The number of allylic oxidation sites excluding steroid dienone is 4. The number of halogens is 4. The van der Waals surface area contributed by atoms with Gasteiger partial charge in [-0.2, -0.15) is 0 Å². The summed E-state index contributed by atoms with van der Waals surface area (Å²) in [6, 6.07) is 9.17. The van der Waals surface area contributed by atoms with Crippen molar-refractivity contribution in [2.45, 2.75) is 37.5 Å². The molecule has 0 saturated heterocycles. The van der Waals surface area contributed by atoms with Crippen LogP contribution in [0.15, 0.2) is 44.4 Å². The second kappa shape index (κ2) is 5.69. The van der Waals surface area contributed by atoms with E-state index in [-0.39, 0.29) is 11.8 Å². The molecule has 0 N–H and O–H groups in total. The number of hydrogen-bond donors (Lipinski definition) is 0. The van der Waals surface area contributed by atoms with E-state index in [4.69, 9.17) is 46.4 Å². The predicted molar refractivity (Wildman–Crippen MR) is 109 cm³/mol. The molecule has 0 heterocycles. The van der Waals surface area contributed by atoms with Crippen molar-refractivity contribution in [3.05, 3.63) is 55.5 Å². The molecule has 136 valence electrons. The first-order chi connectivity index (χ1) is 12.6. The summed E-state index contributed by atoms with van der Waals surface area (Å²) in [5.41, 5.74) is 3.21. The Kier molecular flexibility index (Phi) is 3.67. The van der Waals surface area contributed by atoms with Gasteiger partial charge in [-0.05, 0) is 72.3 Å². The Morgan fingerprint density at radius 1 is 0.615 bits per heavy atom. The van der Waals surface area contributed by atoms with Crippen molar-refractivity contribution in [3.63, 3.8) is 0 Å². The number of rotatable bonds is 0. The summed E-state index contributed by atoms with van der Waals surface area (Å²) in [5.74, 6) is 4.51. The third kappa shape index (κ3) is 1.91. The van der Waals surface area contributed by atoms with Crippen LogP contribution in [0, 0.1) is 35.5 Å². The van der Waals surface area contributed by atoms with E-state index in [2.05, 4.69) is 24.3 Å². The van der Waals surface area contributed by atoms with Crippen molar-refractivity contribution >= 4 is 46.4 Å². The van der Waals surface area contributed by atoms with Crippen LogP contribution in [0.5, 0.6) is 0 Å². The first kappa shape index (κ1) is 16.8. The largest absolute Gasteiger partial charge is 0.0871 e. The van der Waals surface area contributed by atoms with Gasteiger partial charge in [0.15, 0.2) is 0 Å². The summed E-state index contributed by atoms with van der Waals surface area (Å²) in [5, 5.41) is 2.53. The first-order valence-corrected chi connectivity index (χ1v) is 11.3. The maximum atomic E-state index is 6.80. The lowest BCUT2D eigenvalue weighted by Gasteiger charge is -2.65. The average molecular weight is 426 g/mol. The molecular formula is C22H20Cl4. The molecule has 7 aliphatic rings. The van der Waals surface area contributed by atoms with Gasteiger partial charge in [-0.3, -0.25) is 0 Å². The molecule has 4 saturated carbocycles. The predicted octanol–water partition coefficient (Wildman–Crippen LogP) is 7.56. The SMILES string of the molecule is ClC1=C(Cl)[C@@H]2[C@@H]3CC[C@H]([C@@H]2C(Cl)=C1Cl)[C@H]1[C@@H]3[C@@H]2CC[C@H]1c1ccccc12. The summed E-state index contributed by atoms with van der Waals surface area (Å²) in [6.45, 7) is 0. The van der Waals surface area contributed by atoms with Crippen LogP contribution in [0.3, 0.4) is 0 Å². The van der Waals surface area contributed by atoms with Gasteiger partial charge in [0.05, 0.1) is 10.1 Å². The smallest absolute Gasteiger partial charge is 0.0752 e. The molecular weight excluding hydrogens is 406 g/mol. The average Bonchev–Trinajstić information content (AvgIpc) is 2.70. The molecule has 0 radical (unpaired) electrons. The standard InChI is InChI=1S/C22H20Cl4/c23-19-17-13-7-8-14(18(17)20(24)22(26)21(19)25)16-12-6-5-11(15(13)16)9-3-1-2-4-10(9)12/h1-4,11-18H,5-8H2/t11-,12+,13-,14+,15-,16+,17-,18+. The fourth-order valence-electron chi connectivity index (χ4n) is 7.69. The maximum Gasteiger partial charge on any atom is 0.0752 e. The van der Waals surface area contributed by atoms with Crippen LogP contribution in [0.25, 0.3) is 0 Å². The molecule has 0 aliphatic heterocycles. The highest BCUT2D eigenvalue weighted by atomic mass is 35.5. The molecule has 0 spiro atoms. The molecule has 8 atom stereocenters. The van der Waals surface area contributed by atoms with Crippen LogP contribution in [-0.4, -0.2) is 0 Å². The van der Waals surface area contributed by atoms with Crippen molar-refractivity contribution in [2.24, 2.45) is 35.5 Å². The van der Waals surface area contributed by atoms with E-state index in [1.165, 1.54) is 25.7 Å². The van der Waals surface area contributed by atoms with E-state index in [1.54, 1.807) is 11.1 Å². The molecule has 4 heteroatoms. The lowest BCUT2D eigenvalue weighted by Crippen LogP contribution is -2.58. The molecule has 0 nitrogen and oxygen atoms in total. The zero-order valence-corrected chi connectivity index (χ0v) is 17.3. The van der Waals surface area contributed by atoms with E-state index < -0.39 is 0 Å². The van der Waals surface area contributed by atoms with Gasteiger partial charge in [0.25, 0.3) is 0 Å². The van der Waals surface area contributed by atoms with Gasteiger partial charge in [0.1, 0.15) is 0 Å². The van der Waals surface area contributed by atoms with E-state index in [9.17, 15) is 0 Å². The van der Waals surface area contributed by atoms with Gasteiger partial charge >= 0.3 is 0 Å². The van der Waals surface area contributed by atoms with Crippen LogP contribution >= 0.6 is 46.4 Å². The molecule has 4 bridgehead atoms. The van der Waals surface area contributed by atoms with Gasteiger partial charge in [0.2, 0.25) is 0 Å². The molecule has 0 unspecified atom stereocenters. The normalized spacial score (nSPS) is 45.5. The fourth-order valence-corrected chi connectivity index (χ4v) is 9.03. The van der Waals surface area contributed by atoms with E-state index in [1.807, 2.05) is 0 Å². The molecule has 1 aromatic carbocycles. The fraction of sp³-hybridized carbons (Fsp3) is 0.545. The van der Waals surface area contributed by atoms with Crippen molar-refractivity contribution in [2.75, 3.05) is 0 Å². The lowest BCUT2D eigenvalue weighted by atomic mass is 9.39. The minimum absolute atomic E-state index is 0.269. The van der Waals surface area contributed by atoms with Crippen LogP contribution in [0.2, 0.25) is 0 Å². The summed E-state index contributed by atoms with van der Waals surface area (Å²) in [4.78, 5) is 0. The lowest BCUT2D eigenvalue weighted by molar-refractivity contribution is -0.0927. The second-order valence-electron chi connectivity index (χ2n) is 8.85. The molecule has 7 aliphatic carbocycles. The van der Waals surface area contributed by atoms with Crippen molar-refractivity contribution in [1.82, 2.24) is 0 Å². The molecule has 26 heavy (non-hydrogen) atoms. The van der Waals surface area contributed by atoms with Crippen LogP contribution in [0.4, 0.5) is 0 Å². The Morgan fingerprint density at radius 2 is 1.04 bits per heavy atom. The third-order valence-corrected chi connectivity index (χ3v) is 10.2. The Labute approximate surface area is 174 Å². The highest BCUT2D eigenvalue weighted by Gasteiger charge is 2.63. The topological polar surface area (TPSA) is 0 Å². The Balaban J connectivity index is 1.54. The zero-order chi connectivity index (χ0) is 17.7. The van der Waals surface area contributed by atoms with Crippen molar-refractivity contribution < 1.29 is 0 Å². The van der Waals surface area contributed by atoms with Gasteiger partial charge in [-0.15, -0.1) is 0 Å². The van der Waals surface area contributed by atoms with Crippen LogP contribution < -0.4 is 0 Å². The maximum absolute atomic E-state index is 6.80. The van der Waals surface area contributed by atoms with Gasteiger partial charge in [-0.1, -0.05) is 70.7 Å². The number of fused-ring (bicyclic) bond motifs is 2. The molecule has 1 aromatic rings. The molecule has 0 amide bonds. The number of hydrogen-bond acceptors (Lipinski definition) is 0. The van der Waals surface area contributed by atoms with E-state index in [0.29, 0.717) is 33.7 Å². The van der Waals surface area contributed by atoms with Crippen molar-refractivity contribution in [1.29, 1.82) is 0 Å². The minimum atomic E-state index is 0.269. The highest BCUT2D eigenvalue weighted by Crippen LogP contribution is 2.72. The Bertz CT molecular complexity index is 798. The first-order valence-electron chi connectivity index (χ1n) is 9.79. The van der Waals surface area contributed by atoms with E-state index >= 15 is 0 Å². The summed E-state index contributed by atoms with van der Waals surface area (Å²) in [6.07, 6.45) is 5.15. The number of benzene rings is 1. The second-order valence-corrected chi connectivity index (χ2v) is 10.4. The summed E-state index contributed by atoms with van der Waals surface area (Å²) in [7, 11) is 0. The highest BCUT2D eigenvalue weighted by molar-refractivity contribution is 6.51. The Morgan fingerprint density at radius 3 is 1.46 bits per heavy atom. The molecule has 8 rings (SSSR count). The van der Waals surface area contributed by atoms with Crippen LogP contribution in [0.1, 0.15) is 48.6 Å². The van der Waals surface area contributed by atoms with Crippen LogP contribution in [-0.2, 0) is 0 Å². The summed E-state index contributed by atoms with van der Waals surface area (Å²) >= 11 is 26.6. The van der Waals surface area contributed by atoms with Crippen molar-refractivity contribution in [3.8, 4) is 0 Å². The molecule has 0 aromatic heterocycles. The molecule has 4 fully saturated rings. The van der Waals surface area contributed by atoms with E-state index in [0.717, 1.165) is 21.9 Å². The monoisotopic (exact) mass is 424 g/mol. The minimum Gasteiger partial charge on any atom is -0.0871 e. The summed E-state index contributed by atoms with van der Waals surface area (Å²) < 4.78 is 0. The van der Waals surface area contributed by atoms with Gasteiger partial charge in [0, 0.05) is 21.9 Å². The Hall–Kier alpha value is -0.140. The third-order valence-electron chi connectivity index (χ3n) is 8.29.